The first-order valence-electron chi connectivity index (χ1n) is 8.29. The van der Waals surface area contributed by atoms with Gasteiger partial charge in [0.2, 0.25) is 5.89 Å². The van der Waals surface area contributed by atoms with Crippen LogP contribution in [-0.2, 0) is 6.42 Å². The highest BCUT2D eigenvalue weighted by molar-refractivity contribution is 14.0. The Morgan fingerprint density at radius 2 is 1.88 bits per heavy atom. The molecule has 2 aromatic rings. The van der Waals surface area contributed by atoms with E-state index in [9.17, 15) is 4.39 Å². The number of guanidine groups is 1. The lowest BCUT2D eigenvalue weighted by Crippen LogP contribution is -2.38. The number of rotatable bonds is 9. The standard InChI is InChI=1S/C17H24FN5OS.HI/c1-13-22-16(24-23-13)5-3-10-20-17(19-2)21-11-4-12-25-15-8-6-14(18)7-9-15;/h6-9H,3-5,10-12H2,1-2H3,(H2,19,20,21);1H. The van der Waals surface area contributed by atoms with E-state index in [2.05, 4.69) is 25.8 Å². The fourth-order valence-corrected chi connectivity index (χ4v) is 2.96. The van der Waals surface area contributed by atoms with Crippen LogP contribution < -0.4 is 10.6 Å². The quantitative estimate of drug-likeness (QED) is 0.183. The van der Waals surface area contributed by atoms with Crippen molar-refractivity contribution in [1.29, 1.82) is 0 Å². The highest BCUT2D eigenvalue weighted by atomic mass is 127. The lowest BCUT2D eigenvalue weighted by atomic mass is 10.3. The van der Waals surface area contributed by atoms with Crippen molar-refractivity contribution >= 4 is 41.7 Å². The summed E-state index contributed by atoms with van der Waals surface area (Å²) in [5.74, 6) is 2.88. The van der Waals surface area contributed by atoms with Gasteiger partial charge in [0, 0.05) is 31.5 Å². The second-order valence-electron chi connectivity index (χ2n) is 5.42. The van der Waals surface area contributed by atoms with Gasteiger partial charge in [-0.15, -0.1) is 35.7 Å². The van der Waals surface area contributed by atoms with E-state index in [1.807, 2.05) is 6.92 Å². The average molecular weight is 493 g/mol. The molecule has 0 saturated heterocycles. The van der Waals surface area contributed by atoms with Crippen molar-refractivity contribution in [2.45, 2.75) is 31.1 Å². The number of nitrogens with one attached hydrogen (secondary N) is 2. The second kappa shape index (κ2) is 12.9. The van der Waals surface area contributed by atoms with Crippen molar-refractivity contribution in [1.82, 2.24) is 20.8 Å². The summed E-state index contributed by atoms with van der Waals surface area (Å²) < 4.78 is 17.9. The minimum absolute atomic E-state index is 0. The highest BCUT2D eigenvalue weighted by Crippen LogP contribution is 2.18. The Bertz CT molecular complexity index is 665. The first-order chi connectivity index (χ1) is 12.2. The van der Waals surface area contributed by atoms with Gasteiger partial charge in [0.15, 0.2) is 11.8 Å². The maximum Gasteiger partial charge on any atom is 0.226 e. The van der Waals surface area contributed by atoms with Gasteiger partial charge in [-0.05, 0) is 49.8 Å². The predicted molar refractivity (Wildman–Crippen MR) is 114 cm³/mol. The van der Waals surface area contributed by atoms with Crippen LogP contribution in [0.1, 0.15) is 24.6 Å². The number of hydrogen-bond acceptors (Lipinski definition) is 5. The van der Waals surface area contributed by atoms with Crippen LogP contribution in [0.3, 0.4) is 0 Å². The number of benzene rings is 1. The van der Waals surface area contributed by atoms with Gasteiger partial charge >= 0.3 is 0 Å². The molecule has 26 heavy (non-hydrogen) atoms. The predicted octanol–water partition coefficient (Wildman–Crippen LogP) is 3.42. The van der Waals surface area contributed by atoms with E-state index >= 15 is 0 Å². The summed E-state index contributed by atoms with van der Waals surface area (Å²) in [4.78, 5) is 9.45. The summed E-state index contributed by atoms with van der Waals surface area (Å²) in [5, 5.41) is 10.3. The molecule has 0 saturated carbocycles. The molecule has 0 unspecified atom stereocenters. The summed E-state index contributed by atoms with van der Waals surface area (Å²) in [6, 6.07) is 6.58. The van der Waals surface area contributed by atoms with Crippen LogP contribution in [0.2, 0.25) is 0 Å². The van der Waals surface area contributed by atoms with Crippen LogP contribution in [0.4, 0.5) is 4.39 Å². The fourth-order valence-electron chi connectivity index (χ4n) is 2.11. The normalized spacial score (nSPS) is 11.1. The number of aryl methyl sites for hydroxylation is 2. The zero-order chi connectivity index (χ0) is 17.9. The summed E-state index contributed by atoms with van der Waals surface area (Å²) >= 11 is 1.72. The van der Waals surface area contributed by atoms with Crippen molar-refractivity contribution in [2.24, 2.45) is 4.99 Å². The number of hydrogen-bond donors (Lipinski definition) is 2. The van der Waals surface area contributed by atoms with Crippen molar-refractivity contribution in [3.63, 3.8) is 0 Å². The van der Waals surface area contributed by atoms with Gasteiger partial charge in [-0.2, -0.15) is 4.98 Å². The molecule has 2 N–H and O–H groups in total. The monoisotopic (exact) mass is 493 g/mol. The third kappa shape index (κ3) is 8.84. The number of halogens is 2. The Morgan fingerprint density at radius 1 is 1.19 bits per heavy atom. The van der Waals surface area contributed by atoms with E-state index < -0.39 is 0 Å². The van der Waals surface area contributed by atoms with Crippen molar-refractivity contribution in [2.75, 3.05) is 25.9 Å². The minimum atomic E-state index is -0.199. The Hall–Kier alpha value is -1.36. The van der Waals surface area contributed by atoms with Crippen LogP contribution in [0, 0.1) is 12.7 Å². The molecule has 0 fully saturated rings. The largest absolute Gasteiger partial charge is 0.356 e. The van der Waals surface area contributed by atoms with Crippen LogP contribution in [0.15, 0.2) is 38.7 Å². The van der Waals surface area contributed by atoms with Crippen molar-refractivity contribution < 1.29 is 8.91 Å². The molecule has 1 aromatic heterocycles. The lowest BCUT2D eigenvalue weighted by molar-refractivity contribution is 0.372. The van der Waals surface area contributed by atoms with Crippen LogP contribution in [-0.4, -0.2) is 42.0 Å². The van der Waals surface area contributed by atoms with Crippen LogP contribution >= 0.6 is 35.7 Å². The van der Waals surface area contributed by atoms with E-state index in [1.165, 1.54) is 12.1 Å². The van der Waals surface area contributed by atoms with E-state index in [4.69, 9.17) is 4.52 Å². The molecular weight excluding hydrogens is 468 g/mol. The summed E-state index contributed by atoms with van der Waals surface area (Å²) in [7, 11) is 1.75. The fraction of sp³-hybridized carbons (Fsp3) is 0.471. The van der Waals surface area contributed by atoms with Gasteiger partial charge in [0.25, 0.3) is 0 Å². The van der Waals surface area contributed by atoms with Gasteiger partial charge in [-0.3, -0.25) is 4.99 Å². The summed E-state index contributed by atoms with van der Waals surface area (Å²) in [6.07, 6.45) is 2.63. The average Bonchev–Trinajstić information content (AvgIpc) is 3.03. The van der Waals surface area contributed by atoms with E-state index in [1.54, 1.807) is 30.9 Å². The lowest BCUT2D eigenvalue weighted by Gasteiger charge is -2.11. The molecule has 0 aliphatic carbocycles. The number of nitrogens with zero attached hydrogens (tertiary/aromatic N) is 3. The molecule has 0 spiro atoms. The van der Waals surface area contributed by atoms with Gasteiger partial charge in [-0.25, -0.2) is 4.39 Å². The molecule has 2 rings (SSSR count). The van der Waals surface area contributed by atoms with Gasteiger partial charge in [0.05, 0.1) is 0 Å². The molecule has 0 bridgehead atoms. The first kappa shape index (κ1) is 22.7. The maximum absolute atomic E-state index is 12.8. The van der Waals surface area contributed by atoms with Gasteiger partial charge < -0.3 is 15.2 Å². The molecule has 0 aliphatic heterocycles. The zero-order valence-electron chi connectivity index (χ0n) is 15.0. The van der Waals surface area contributed by atoms with Gasteiger partial charge in [-0.1, -0.05) is 5.16 Å². The molecule has 6 nitrogen and oxygen atoms in total. The molecule has 0 atom stereocenters. The maximum atomic E-state index is 12.8. The molecule has 9 heteroatoms. The van der Waals surface area contributed by atoms with Crippen LogP contribution in [0.5, 0.6) is 0 Å². The van der Waals surface area contributed by atoms with Crippen molar-refractivity contribution in [3.05, 3.63) is 41.8 Å². The Labute approximate surface area is 174 Å². The topological polar surface area (TPSA) is 75.3 Å². The number of aliphatic imine (C=N–C) groups is 1. The van der Waals surface area contributed by atoms with E-state index in [-0.39, 0.29) is 29.8 Å². The Kier molecular flexibility index (Phi) is 11.3. The SMILES string of the molecule is CN=C(NCCCSc1ccc(F)cc1)NCCCc1nc(C)no1.I. The highest BCUT2D eigenvalue weighted by Gasteiger charge is 2.03. The summed E-state index contributed by atoms with van der Waals surface area (Å²) in [5.41, 5.74) is 0. The van der Waals surface area contributed by atoms with Crippen molar-refractivity contribution in [3.8, 4) is 0 Å². The summed E-state index contributed by atoms with van der Waals surface area (Å²) in [6.45, 7) is 3.42. The zero-order valence-corrected chi connectivity index (χ0v) is 18.1. The second-order valence-corrected chi connectivity index (χ2v) is 6.59. The molecule has 1 aromatic carbocycles. The number of thioether (sulfide) groups is 1. The minimum Gasteiger partial charge on any atom is -0.356 e. The third-order valence-electron chi connectivity index (χ3n) is 3.35. The first-order valence-corrected chi connectivity index (χ1v) is 9.28. The third-order valence-corrected chi connectivity index (χ3v) is 4.45. The molecule has 0 aliphatic rings. The molecule has 1 heterocycles. The Balaban J connectivity index is 0.00000338. The molecule has 0 amide bonds. The van der Waals surface area contributed by atoms with Crippen LogP contribution in [0.25, 0.3) is 0 Å². The Morgan fingerprint density at radius 3 is 2.50 bits per heavy atom. The molecule has 0 radical (unpaired) electrons. The smallest absolute Gasteiger partial charge is 0.226 e. The van der Waals surface area contributed by atoms with E-state index in [0.717, 1.165) is 49.0 Å². The number of aromatic nitrogens is 2. The van der Waals surface area contributed by atoms with Gasteiger partial charge in [0.1, 0.15) is 5.82 Å². The molecular formula is C17H25FIN5OS. The molecule has 144 valence electrons. The van der Waals surface area contributed by atoms with E-state index in [0.29, 0.717) is 11.7 Å².